The summed E-state index contributed by atoms with van der Waals surface area (Å²) in [7, 11) is 0. The van der Waals surface area contributed by atoms with Gasteiger partial charge in [-0.15, -0.1) is 0 Å². The monoisotopic (exact) mass is 269 g/mol. The summed E-state index contributed by atoms with van der Waals surface area (Å²) in [5, 5.41) is 0. The normalized spacial score (nSPS) is 19.4. The van der Waals surface area contributed by atoms with E-state index in [2.05, 4.69) is 19.9 Å². The van der Waals surface area contributed by atoms with E-state index in [0.717, 1.165) is 37.4 Å². The lowest BCUT2D eigenvalue weighted by Gasteiger charge is -2.15. The van der Waals surface area contributed by atoms with Crippen LogP contribution in [-0.4, -0.2) is 39.5 Å². The van der Waals surface area contributed by atoms with Gasteiger partial charge in [0.15, 0.2) is 5.82 Å². The molecule has 0 amide bonds. The van der Waals surface area contributed by atoms with Crippen molar-refractivity contribution < 1.29 is 0 Å². The first kappa shape index (κ1) is 13.1. The number of nitrogens with two attached hydrogens (primary N) is 1. The van der Waals surface area contributed by atoms with Crippen LogP contribution < -0.4 is 5.73 Å². The average Bonchev–Trinajstić information content (AvgIpc) is 2.97. The number of rotatable bonds is 4. The van der Waals surface area contributed by atoms with Gasteiger partial charge in [0.1, 0.15) is 5.69 Å². The Morgan fingerprint density at radius 1 is 1.20 bits per heavy atom. The van der Waals surface area contributed by atoms with Crippen molar-refractivity contribution in [1.82, 2.24) is 19.9 Å². The van der Waals surface area contributed by atoms with Gasteiger partial charge in [-0.25, -0.2) is 9.97 Å². The summed E-state index contributed by atoms with van der Waals surface area (Å²) in [6.07, 6.45) is 6.74. The number of likely N-dealkylation sites (tertiary alicyclic amines) is 1. The summed E-state index contributed by atoms with van der Waals surface area (Å²) in [5.74, 6) is 1.32. The second-order valence-electron chi connectivity index (χ2n) is 5.26. The second-order valence-corrected chi connectivity index (χ2v) is 5.26. The molecular weight excluding hydrogens is 250 g/mol. The van der Waals surface area contributed by atoms with E-state index in [9.17, 15) is 0 Å². The van der Waals surface area contributed by atoms with E-state index in [-0.39, 0.29) is 0 Å². The summed E-state index contributed by atoms with van der Waals surface area (Å²) < 4.78 is 0. The quantitative estimate of drug-likeness (QED) is 0.906. The van der Waals surface area contributed by atoms with Gasteiger partial charge in [0.05, 0.1) is 0 Å². The molecule has 0 aliphatic carbocycles. The molecule has 1 aliphatic heterocycles. The van der Waals surface area contributed by atoms with Gasteiger partial charge in [-0.1, -0.05) is 6.07 Å². The molecule has 2 N–H and O–H groups in total. The Hall–Kier alpha value is -1.85. The Kier molecular flexibility index (Phi) is 3.99. The smallest absolute Gasteiger partial charge is 0.178 e. The molecule has 0 bridgehead atoms. The first-order valence-corrected chi connectivity index (χ1v) is 7.00. The van der Waals surface area contributed by atoms with Crippen molar-refractivity contribution in [2.75, 3.05) is 19.6 Å². The molecule has 3 rings (SSSR count). The van der Waals surface area contributed by atoms with Gasteiger partial charge in [0.2, 0.25) is 0 Å². The molecule has 2 aromatic rings. The molecule has 20 heavy (non-hydrogen) atoms. The molecule has 0 saturated carbocycles. The van der Waals surface area contributed by atoms with E-state index < -0.39 is 0 Å². The molecule has 1 fully saturated rings. The van der Waals surface area contributed by atoms with Crippen molar-refractivity contribution in [3.8, 4) is 11.5 Å². The molecule has 1 aliphatic rings. The van der Waals surface area contributed by atoms with Crippen molar-refractivity contribution in [3.05, 3.63) is 42.4 Å². The van der Waals surface area contributed by atoms with Gasteiger partial charge in [-0.2, -0.15) is 0 Å². The Bertz CT molecular complexity index is 540. The third-order valence-corrected chi connectivity index (χ3v) is 3.71. The third kappa shape index (κ3) is 3.00. The standard InChI is InChI=1S/C15H19N5/c16-7-12-4-6-20(10-12)11-13-8-18-15(19-9-13)14-3-1-2-5-17-14/h1-3,5,8-9,12H,4,6-7,10-11,16H2. The van der Waals surface area contributed by atoms with Crippen molar-refractivity contribution in [2.24, 2.45) is 11.7 Å². The molecule has 1 atom stereocenters. The van der Waals surface area contributed by atoms with Crippen LogP contribution in [0.3, 0.4) is 0 Å². The van der Waals surface area contributed by atoms with Crippen molar-refractivity contribution in [1.29, 1.82) is 0 Å². The highest BCUT2D eigenvalue weighted by Gasteiger charge is 2.21. The Balaban J connectivity index is 1.65. The highest BCUT2D eigenvalue weighted by molar-refractivity contribution is 5.47. The van der Waals surface area contributed by atoms with Crippen molar-refractivity contribution in [3.63, 3.8) is 0 Å². The fourth-order valence-corrected chi connectivity index (χ4v) is 2.57. The van der Waals surface area contributed by atoms with Crippen LogP contribution in [0.2, 0.25) is 0 Å². The molecule has 1 saturated heterocycles. The van der Waals surface area contributed by atoms with E-state index >= 15 is 0 Å². The topological polar surface area (TPSA) is 67.9 Å². The van der Waals surface area contributed by atoms with E-state index in [4.69, 9.17) is 5.73 Å². The van der Waals surface area contributed by atoms with E-state index in [1.54, 1.807) is 6.20 Å². The van der Waals surface area contributed by atoms with Crippen LogP contribution >= 0.6 is 0 Å². The zero-order valence-electron chi connectivity index (χ0n) is 11.4. The van der Waals surface area contributed by atoms with Gasteiger partial charge < -0.3 is 5.73 Å². The minimum absolute atomic E-state index is 0.642. The average molecular weight is 269 g/mol. The predicted octanol–water partition coefficient (Wildman–Crippen LogP) is 1.32. The molecule has 5 nitrogen and oxygen atoms in total. The molecule has 0 spiro atoms. The molecule has 2 aromatic heterocycles. The first-order chi connectivity index (χ1) is 9.85. The van der Waals surface area contributed by atoms with Crippen molar-refractivity contribution in [2.45, 2.75) is 13.0 Å². The number of pyridine rings is 1. The summed E-state index contributed by atoms with van der Waals surface area (Å²) in [6.45, 7) is 3.88. The maximum atomic E-state index is 5.72. The van der Waals surface area contributed by atoms with Gasteiger partial charge in [-0.05, 0) is 37.6 Å². The van der Waals surface area contributed by atoms with E-state index in [0.29, 0.717) is 11.7 Å². The fraction of sp³-hybridized carbons (Fsp3) is 0.400. The first-order valence-electron chi connectivity index (χ1n) is 7.00. The number of hydrogen-bond acceptors (Lipinski definition) is 5. The molecule has 1 unspecified atom stereocenters. The SMILES string of the molecule is NCC1CCN(Cc2cnc(-c3ccccn3)nc2)C1. The lowest BCUT2D eigenvalue weighted by atomic mass is 10.1. The molecule has 0 radical (unpaired) electrons. The number of nitrogens with zero attached hydrogens (tertiary/aromatic N) is 4. The molecule has 5 heteroatoms. The maximum absolute atomic E-state index is 5.72. The maximum Gasteiger partial charge on any atom is 0.178 e. The summed E-state index contributed by atoms with van der Waals surface area (Å²) >= 11 is 0. The van der Waals surface area contributed by atoms with Crippen LogP contribution in [0.1, 0.15) is 12.0 Å². The summed E-state index contributed by atoms with van der Waals surface area (Å²) in [5.41, 5.74) is 7.67. The minimum Gasteiger partial charge on any atom is -0.330 e. The lowest BCUT2D eigenvalue weighted by Crippen LogP contribution is -2.22. The van der Waals surface area contributed by atoms with Crippen LogP contribution in [0.4, 0.5) is 0 Å². The summed E-state index contributed by atoms with van der Waals surface area (Å²) in [6, 6.07) is 5.75. The zero-order valence-corrected chi connectivity index (χ0v) is 11.4. The van der Waals surface area contributed by atoms with Crippen LogP contribution in [0, 0.1) is 5.92 Å². The minimum atomic E-state index is 0.642. The van der Waals surface area contributed by atoms with E-state index in [1.165, 1.54) is 6.42 Å². The van der Waals surface area contributed by atoms with Crippen LogP contribution in [0.25, 0.3) is 11.5 Å². The molecule has 3 heterocycles. The van der Waals surface area contributed by atoms with E-state index in [1.807, 2.05) is 30.6 Å². The highest BCUT2D eigenvalue weighted by Crippen LogP contribution is 2.17. The van der Waals surface area contributed by atoms with Gasteiger partial charge in [-0.3, -0.25) is 9.88 Å². The highest BCUT2D eigenvalue weighted by atomic mass is 15.1. The van der Waals surface area contributed by atoms with Crippen molar-refractivity contribution >= 4 is 0 Å². The van der Waals surface area contributed by atoms with Crippen LogP contribution in [0.15, 0.2) is 36.8 Å². The molecule has 0 aromatic carbocycles. The lowest BCUT2D eigenvalue weighted by molar-refractivity contribution is 0.317. The van der Waals surface area contributed by atoms with Gasteiger partial charge in [0.25, 0.3) is 0 Å². The van der Waals surface area contributed by atoms with Crippen LogP contribution in [0.5, 0.6) is 0 Å². The van der Waals surface area contributed by atoms with Gasteiger partial charge >= 0.3 is 0 Å². The number of aromatic nitrogens is 3. The Morgan fingerprint density at radius 2 is 2.05 bits per heavy atom. The second kappa shape index (κ2) is 6.07. The third-order valence-electron chi connectivity index (χ3n) is 3.71. The number of hydrogen-bond donors (Lipinski definition) is 1. The van der Waals surface area contributed by atoms with Gasteiger partial charge in [0, 0.05) is 37.2 Å². The molecule has 104 valence electrons. The fourth-order valence-electron chi connectivity index (χ4n) is 2.57. The molecular formula is C15H19N5. The Labute approximate surface area is 118 Å². The Morgan fingerprint density at radius 3 is 2.70 bits per heavy atom. The van der Waals surface area contributed by atoms with Crippen LogP contribution in [-0.2, 0) is 6.54 Å². The summed E-state index contributed by atoms with van der Waals surface area (Å²) in [4.78, 5) is 15.5. The largest absolute Gasteiger partial charge is 0.330 e. The zero-order chi connectivity index (χ0) is 13.8. The predicted molar refractivity (Wildman–Crippen MR) is 77.7 cm³/mol.